The summed E-state index contributed by atoms with van der Waals surface area (Å²) in [6, 6.07) is -1.87. The summed E-state index contributed by atoms with van der Waals surface area (Å²) in [4.78, 5) is 7.32. The Bertz CT molecular complexity index is 259. The lowest BCUT2D eigenvalue weighted by Crippen LogP contribution is -2.39. The van der Waals surface area contributed by atoms with Crippen molar-refractivity contribution in [3.05, 3.63) is 24.3 Å². The summed E-state index contributed by atoms with van der Waals surface area (Å²) in [5, 5.41) is 0. The van der Waals surface area contributed by atoms with Gasteiger partial charge in [-0.2, -0.15) is 13.2 Å². The average Bonchev–Trinajstić information content (AvgIpc) is 2.04. The molecule has 3 nitrogen and oxygen atoms in total. The van der Waals surface area contributed by atoms with Crippen molar-refractivity contribution in [2.75, 3.05) is 0 Å². The molecule has 0 aliphatic rings. The number of aromatic nitrogens is 2. The first-order valence-corrected chi connectivity index (χ1v) is 3.57. The molecule has 0 spiro atoms. The topological polar surface area (TPSA) is 51.8 Å². The SMILES string of the molecule is NC(Cc1cnccn1)C(F)(F)F. The molecule has 0 aromatic carbocycles. The largest absolute Gasteiger partial charge is 0.404 e. The Hall–Kier alpha value is -1.17. The van der Waals surface area contributed by atoms with Gasteiger partial charge in [0.2, 0.25) is 0 Å². The summed E-state index contributed by atoms with van der Waals surface area (Å²) < 4.78 is 35.9. The molecule has 0 amide bonds. The third kappa shape index (κ3) is 2.98. The van der Waals surface area contributed by atoms with Crippen molar-refractivity contribution >= 4 is 0 Å². The van der Waals surface area contributed by atoms with Crippen molar-refractivity contribution in [3.63, 3.8) is 0 Å². The van der Waals surface area contributed by atoms with Gasteiger partial charge in [-0.3, -0.25) is 9.97 Å². The minimum atomic E-state index is -4.38. The van der Waals surface area contributed by atoms with Crippen molar-refractivity contribution in [2.24, 2.45) is 5.73 Å². The maximum atomic E-state index is 12.0. The molecule has 1 rings (SSSR count). The zero-order chi connectivity index (χ0) is 9.90. The normalized spacial score (nSPS) is 14.2. The third-order valence-electron chi connectivity index (χ3n) is 1.47. The number of nitrogens with two attached hydrogens (primary N) is 1. The van der Waals surface area contributed by atoms with E-state index in [9.17, 15) is 13.2 Å². The lowest BCUT2D eigenvalue weighted by atomic mass is 10.2. The first kappa shape index (κ1) is 9.91. The van der Waals surface area contributed by atoms with E-state index in [0.29, 0.717) is 0 Å². The van der Waals surface area contributed by atoms with Crippen molar-refractivity contribution < 1.29 is 13.2 Å². The van der Waals surface area contributed by atoms with Gasteiger partial charge in [-0.05, 0) is 0 Å². The lowest BCUT2D eigenvalue weighted by molar-refractivity contribution is -0.147. The van der Waals surface area contributed by atoms with Crippen molar-refractivity contribution in [3.8, 4) is 0 Å². The van der Waals surface area contributed by atoms with Gasteiger partial charge in [0.05, 0.1) is 5.69 Å². The molecule has 1 aromatic heterocycles. The molecule has 72 valence electrons. The van der Waals surface area contributed by atoms with Crippen LogP contribution >= 0.6 is 0 Å². The Morgan fingerprint density at radius 2 is 2.08 bits per heavy atom. The molecule has 1 atom stereocenters. The highest BCUT2D eigenvalue weighted by Crippen LogP contribution is 2.20. The number of nitrogens with zero attached hydrogens (tertiary/aromatic N) is 2. The van der Waals surface area contributed by atoms with E-state index in [-0.39, 0.29) is 12.1 Å². The number of hydrogen-bond donors (Lipinski definition) is 1. The molecular weight excluding hydrogens is 183 g/mol. The van der Waals surface area contributed by atoms with Gasteiger partial charge in [0, 0.05) is 25.0 Å². The Labute approximate surface area is 72.8 Å². The van der Waals surface area contributed by atoms with Gasteiger partial charge in [0.15, 0.2) is 0 Å². The summed E-state index contributed by atoms with van der Waals surface area (Å²) >= 11 is 0. The van der Waals surface area contributed by atoms with Crippen LogP contribution in [0.2, 0.25) is 0 Å². The van der Waals surface area contributed by atoms with E-state index in [0.717, 1.165) is 0 Å². The molecule has 1 unspecified atom stereocenters. The van der Waals surface area contributed by atoms with Crippen LogP contribution in [-0.4, -0.2) is 22.2 Å². The van der Waals surface area contributed by atoms with E-state index in [1.54, 1.807) is 0 Å². The van der Waals surface area contributed by atoms with Crippen molar-refractivity contribution in [2.45, 2.75) is 18.6 Å². The molecule has 0 saturated heterocycles. The first-order valence-electron chi connectivity index (χ1n) is 3.57. The van der Waals surface area contributed by atoms with Crippen LogP contribution in [0.5, 0.6) is 0 Å². The second-order valence-corrected chi connectivity index (χ2v) is 2.55. The van der Waals surface area contributed by atoms with Crippen LogP contribution in [0.3, 0.4) is 0 Å². The molecule has 0 fully saturated rings. The van der Waals surface area contributed by atoms with Gasteiger partial charge >= 0.3 is 6.18 Å². The van der Waals surface area contributed by atoms with Crippen LogP contribution in [-0.2, 0) is 6.42 Å². The summed E-state index contributed by atoms with van der Waals surface area (Å²) in [6.07, 6.45) is -0.721. The fourth-order valence-electron chi connectivity index (χ4n) is 0.776. The van der Waals surface area contributed by atoms with E-state index >= 15 is 0 Å². The molecule has 0 aliphatic carbocycles. The molecule has 2 N–H and O–H groups in total. The Morgan fingerprint density at radius 3 is 2.54 bits per heavy atom. The van der Waals surface area contributed by atoms with Crippen LogP contribution in [0.4, 0.5) is 13.2 Å². The summed E-state index contributed by atoms with van der Waals surface area (Å²) in [5.74, 6) is 0. The van der Waals surface area contributed by atoms with Crippen LogP contribution < -0.4 is 5.73 Å². The lowest BCUT2D eigenvalue weighted by Gasteiger charge is -2.14. The zero-order valence-electron chi connectivity index (χ0n) is 6.62. The summed E-state index contributed by atoms with van der Waals surface area (Å²) in [7, 11) is 0. The van der Waals surface area contributed by atoms with E-state index in [4.69, 9.17) is 5.73 Å². The highest BCUT2D eigenvalue weighted by atomic mass is 19.4. The van der Waals surface area contributed by atoms with Gasteiger partial charge in [0.1, 0.15) is 6.04 Å². The quantitative estimate of drug-likeness (QED) is 0.755. The van der Waals surface area contributed by atoms with Gasteiger partial charge in [-0.15, -0.1) is 0 Å². The van der Waals surface area contributed by atoms with Crippen LogP contribution in [0.1, 0.15) is 5.69 Å². The fraction of sp³-hybridized carbons (Fsp3) is 0.429. The van der Waals surface area contributed by atoms with Crippen LogP contribution in [0.15, 0.2) is 18.6 Å². The Kier molecular flexibility index (Phi) is 2.82. The van der Waals surface area contributed by atoms with E-state index in [2.05, 4.69) is 9.97 Å². The Morgan fingerprint density at radius 1 is 1.38 bits per heavy atom. The predicted octanol–water partition coefficient (Wildman–Crippen LogP) is 0.909. The van der Waals surface area contributed by atoms with Crippen LogP contribution in [0, 0.1) is 0 Å². The second kappa shape index (κ2) is 3.69. The molecule has 13 heavy (non-hydrogen) atoms. The number of rotatable bonds is 2. The highest BCUT2D eigenvalue weighted by molar-refractivity contribution is 4.98. The molecular formula is C7H8F3N3. The number of hydrogen-bond acceptors (Lipinski definition) is 3. The number of alkyl halides is 3. The summed E-state index contributed by atoms with van der Waals surface area (Å²) in [5.41, 5.74) is 5.13. The highest BCUT2D eigenvalue weighted by Gasteiger charge is 2.36. The van der Waals surface area contributed by atoms with Gasteiger partial charge < -0.3 is 5.73 Å². The maximum Gasteiger partial charge on any atom is 0.404 e. The molecule has 0 bridgehead atoms. The number of halogens is 3. The third-order valence-corrected chi connectivity index (χ3v) is 1.47. The average molecular weight is 191 g/mol. The van der Waals surface area contributed by atoms with Gasteiger partial charge in [-0.1, -0.05) is 0 Å². The molecule has 0 aliphatic heterocycles. The molecule has 1 aromatic rings. The van der Waals surface area contributed by atoms with Gasteiger partial charge in [0.25, 0.3) is 0 Å². The molecule has 0 radical (unpaired) electrons. The standard InChI is InChI=1S/C7H8F3N3/c8-7(9,10)6(11)3-5-4-12-1-2-13-5/h1-2,4,6H,3,11H2. The first-order chi connectivity index (χ1) is 6.00. The molecule has 1 heterocycles. The second-order valence-electron chi connectivity index (χ2n) is 2.55. The minimum Gasteiger partial charge on any atom is -0.320 e. The van der Waals surface area contributed by atoms with E-state index in [1.165, 1.54) is 18.6 Å². The predicted molar refractivity (Wildman–Crippen MR) is 39.8 cm³/mol. The smallest absolute Gasteiger partial charge is 0.320 e. The fourth-order valence-corrected chi connectivity index (χ4v) is 0.776. The molecule has 6 heteroatoms. The maximum absolute atomic E-state index is 12.0. The monoisotopic (exact) mass is 191 g/mol. The minimum absolute atomic E-state index is 0.243. The zero-order valence-corrected chi connectivity index (χ0v) is 6.62. The summed E-state index contributed by atoms with van der Waals surface area (Å²) in [6.45, 7) is 0. The molecule has 0 saturated carbocycles. The van der Waals surface area contributed by atoms with Gasteiger partial charge in [-0.25, -0.2) is 0 Å². The van der Waals surface area contributed by atoms with E-state index in [1.807, 2.05) is 0 Å². The van der Waals surface area contributed by atoms with Crippen molar-refractivity contribution in [1.29, 1.82) is 0 Å². The Balaban J connectivity index is 2.61. The van der Waals surface area contributed by atoms with Crippen molar-refractivity contribution in [1.82, 2.24) is 9.97 Å². The van der Waals surface area contributed by atoms with Crippen LogP contribution in [0.25, 0.3) is 0 Å². The van der Waals surface area contributed by atoms with E-state index < -0.39 is 12.2 Å².